The summed E-state index contributed by atoms with van der Waals surface area (Å²) in [5.74, 6) is 1.68. The molecule has 3 nitrogen and oxygen atoms in total. The molecule has 1 heterocycles. The standard InChI is InChI=1S/C13H16BrNO2/c1-8-11(14)9(13(15)4-2-3-5-13)6-10-12(8)17-7-16-10/h6H,2-5,7,15H2,1H3. The molecule has 0 atom stereocenters. The molecule has 2 aliphatic rings. The fraction of sp³-hybridized carbons (Fsp3) is 0.538. The van der Waals surface area contributed by atoms with Crippen molar-refractivity contribution in [2.24, 2.45) is 5.73 Å². The normalized spacial score (nSPS) is 20.9. The van der Waals surface area contributed by atoms with Crippen LogP contribution < -0.4 is 15.2 Å². The predicted molar refractivity (Wildman–Crippen MR) is 69.3 cm³/mol. The fourth-order valence-corrected chi connectivity index (χ4v) is 3.51. The van der Waals surface area contributed by atoms with Gasteiger partial charge in [0.25, 0.3) is 0 Å². The molecule has 1 fully saturated rings. The summed E-state index contributed by atoms with van der Waals surface area (Å²) in [6.45, 7) is 2.35. The summed E-state index contributed by atoms with van der Waals surface area (Å²) < 4.78 is 12.0. The van der Waals surface area contributed by atoms with Gasteiger partial charge in [0.1, 0.15) is 0 Å². The first kappa shape index (κ1) is 11.4. The lowest BCUT2D eigenvalue weighted by atomic mass is 9.88. The molecule has 0 spiro atoms. The van der Waals surface area contributed by atoms with Crippen molar-refractivity contribution in [2.75, 3.05) is 6.79 Å². The first-order chi connectivity index (χ1) is 8.12. The van der Waals surface area contributed by atoms with Crippen LogP contribution in [-0.2, 0) is 5.54 Å². The number of halogens is 1. The van der Waals surface area contributed by atoms with Gasteiger partial charge in [0.15, 0.2) is 11.5 Å². The van der Waals surface area contributed by atoms with Crippen molar-refractivity contribution in [3.05, 3.63) is 21.7 Å². The highest BCUT2D eigenvalue weighted by Gasteiger charge is 2.35. The van der Waals surface area contributed by atoms with Crippen molar-refractivity contribution >= 4 is 15.9 Å². The lowest BCUT2D eigenvalue weighted by Crippen LogP contribution is -2.33. The molecule has 2 N–H and O–H groups in total. The Balaban J connectivity index is 2.14. The van der Waals surface area contributed by atoms with Crippen molar-refractivity contribution < 1.29 is 9.47 Å². The van der Waals surface area contributed by atoms with Crippen molar-refractivity contribution in [2.45, 2.75) is 38.1 Å². The number of rotatable bonds is 1. The Morgan fingerprint density at radius 2 is 2.00 bits per heavy atom. The van der Waals surface area contributed by atoms with E-state index in [1.165, 1.54) is 12.8 Å². The third-order valence-corrected chi connectivity index (χ3v) is 4.88. The third-order valence-electron chi connectivity index (χ3n) is 3.86. The van der Waals surface area contributed by atoms with Gasteiger partial charge in [-0.25, -0.2) is 0 Å². The Morgan fingerprint density at radius 3 is 2.71 bits per heavy atom. The SMILES string of the molecule is Cc1c(Br)c(C2(N)CCCC2)cc2c1OCO2. The van der Waals surface area contributed by atoms with Crippen molar-refractivity contribution in [1.29, 1.82) is 0 Å². The van der Waals surface area contributed by atoms with E-state index >= 15 is 0 Å². The van der Waals surface area contributed by atoms with Crippen molar-refractivity contribution in [3.63, 3.8) is 0 Å². The average molecular weight is 298 g/mol. The van der Waals surface area contributed by atoms with Crippen LogP contribution in [0.5, 0.6) is 11.5 Å². The number of ether oxygens (including phenoxy) is 2. The van der Waals surface area contributed by atoms with Gasteiger partial charge < -0.3 is 15.2 Å². The zero-order valence-corrected chi connectivity index (χ0v) is 11.5. The van der Waals surface area contributed by atoms with Crippen LogP contribution in [0.15, 0.2) is 10.5 Å². The minimum Gasteiger partial charge on any atom is -0.454 e. The van der Waals surface area contributed by atoms with Crippen LogP contribution in [0.4, 0.5) is 0 Å². The van der Waals surface area contributed by atoms with E-state index in [-0.39, 0.29) is 5.54 Å². The van der Waals surface area contributed by atoms with Gasteiger partial charge in [0.05, 0.1) is 0 Å². The van der Waals surface area contributed by atoms with Crippen LogP contribution in [0.2, 0.25) is 0 Å². The van der Waals surface area contributed by atoms with Crippen LogP contribution >= 0.6 is 15.9 Å². The maximum Gasteiger partial charge on any atom is 0.231 e. The molecule has 1 aliphatic carbocycles. The van der Waals surface area contributed by atoms with Crippen molar-refractivity contribution in [1.82, 2.24) is 0 Å². The third kappa shape index (κ3) is 1.66. The Morgan fingerprint density at radius 1 is 1.29 bits per heavy atom. The van der Waals surface area contributed by atoms with E-state index in [0.717, 1.165) is 39.9 Å². The monoisotopic (exact) mass is 297 g/mol. The van der Waals surface area contributed by atoms with Crippen LogP contribution in [0.3, 0.4) is 0 Å². The quantitative estimate of drug-likeness (QED) is 0.866. The molecular weight excluding hydrogens is 282 g/mol. The molecule has 1 aromatic carbocycles. The second kappa shape index (κ2) is 3.89. The van der Waals surface area contributed by atoms with Crippen LogP contribution in [0.1, 0.15) is 36.8 Å². The summed E-state index contributed by atoms with van der Waals surface area (Å²) in [6.07, 6.45) is 4.50. The molecule has 0 bridgehead atoms. The zero-order valence-electron chi connectivity index (χ0n) is 9.88. The lowest BCUT2D eigenvalue weighted by Gasteiger charge is -2.26. The topological polar surface area (TPSA) is 44.5 Å². The highest BCUT2D eigenvalue weighted by Crippen LogP contribution is 2.47. The maximum absolute atomic E-state index is 6.52. The molecule has 4 heteroatoms. The summed E-state index contributed by atoms with van der Waals surface area (Å²) in [5, 5.41) is 0. The molecular formula is C13H16BrNO2. The van der Waals surface area contributed by atoms with Crippen LogP contribution in [0.25, 0.3) is 0 Å². The first-order valence-corrected chi connectivity index (χ1v) is 6.79. The molecule has 1 saturated carbocycles. The van der Waals surface area contributed by atoms with Gasteiger partial charge in [-0.05, 0) is 31.4 Å². The lowest BCUT2D eigenvalue weighted by molar-refractivity contribution is 0.173. The van der Waals surface area contributed by atoms with E-state index in [1.807, 2.05) is 13.0 Å². The van der Waals surface area contributed by atoms with E-state index in [0.29, 0.717) is 6.79 Å². The zero-order chi connectivity index (χ0) is 12.0. The average Bonchev–Trinajstić information content (AvgIpc) is 2.92. The van der Waals surface area contributed by atoms with E-state index in [1.54, 1.807) is 0 Å². The highest BCUT2D eigenvalue weighted by molar-refractivity contribution is 9.10. The van der Waals surface area contributed by atoms with Gasteiger partial charge in [-0.1, -0.05) is 28.8 Å². The number of hydrogen-bond acceptors (Lipinski definition) is 3. The van der Waals surface area contributed by atoms with Crippen molar-refractivity contribution in [3.8, 4) is 11.5 Å². The molecule has 1 aromatic rings. The highest BCUT2D eigenvalue weighted by atomic mass is 79.9. The number of fused-ring (bicyclic) bond motifs is 1. The van der Waals surface area contributed by atoms with Gasteiger partial charge in [-0.15, -0.1) is 0 Å². The molecule has 92 valence electrons. The fourth-order valence-electron chi connectivity index (χ4n) is 2.82. The van der Waals surface area contributed by atoms with E-state index in [2.05, 4.69) is 15.9 Å². The maximum atomic E-state index is 6.52. The summed E-state index contributed by atoms with van der Waals surface area (Å²) in [6, 6.07) is 2.05. The second-order valence-corrected chi connectivity index (χ2v) is 5.75. The van der Waals surface area contributed by atoms with E-state index in [4.69, 9.17) is 15.2 Å². The Kier molecular flexibility index (Phi) is 2.60. The Hall–Kier alpha value is -0.740. The molecule has 0 unspecified atom stereocenters. The van der Waals surface area contributed by atoms with Gasteiger partial charge in [0.2, 0.25) is 6.79 Å². The predicted octanol–water partition coefficient (Wildman–Crippen LogP) is 3.21. The van der Waals surface area contributed by atoms with Gasteiger partial charge in [-0.2, -0.15) is 0 Å². The van der Waals surface area contributed by atoms with Crippen LogP contribution in [-0.4, -0.2) is 6.79 Å². The molecule has 0 saturated heterocycles. The number of nitrogens with two attached hydrogens (primary N) is 1. The van der Waals surface area contributed by atoms with Gasteiger partial charge >= 0.3 is 0 Å². The Labute approximate surface area is 109 Å². The summed E-state index contributed by atoms with van der Waals surface area (Å²) in [7, 11) is 0. The van der Waals surface area contributed by atoms with Gasteiger partial charge in [0, 0.05) is 15.6 Å². The second-order valence-electron chi connectivity index (χ2n) is 4.96. The van der Waals surface area contributed by atoms with E-state index in [9.17, 15) is 0 Å². The summed E-state index contributed by atoms with van der Waals surface area (Å²) >= 11 is 3.66. The molecule has 0 radical (unpaired) electrons. The molecule has 0 amide bonds. The molecule has 3 rings (SSSR count). The Bertz CT molecular complexity index is 467. The summed E-state index contributed by atoms with van der Waals surface area (Å²) in [4.78, 5) is 0. The summed E-state index contributed by atoms with van der Waals surface area (Å²) in [5.41, 5.74) is 8.57. The minimum atomic E-state index is -0.204. The number of hydrogen-bond donors (Lipinski definition) is 1. The minimum absolute atomic E-state index is 0.204. The smallest absolute Gasteiger partial charge is 0.231 e. The largest absolute Gasteiger partial charge is 0.454 e. The number of benzene rings is 1. The first-order valence-electron chi connectivity index (χ1n) is 6.00. The van der Waals surface area contributed by atoms with Gasteiger partial charge in [-0.3, -0.25) is 0 Å². The van der Waals surface area contributed by atoms with E-state index < -0.39 is 0 Å². The molecule has 17 heavy (non-hydrogen) atoms. The van der Waals surface area contributed by atoms with Crippen LogP contribution in [0, 0.1) is 6.92 Å². The molecule has 1 aliphatic heterocycles. The molecule has 0 aromatic heterocycles.